The molecular weight excluding hydrogens is 380 g/mol. The van der Waals surface area contributed by atoms with E-state index in [2.05, 4.69) is 13.8 Å². The quantitative estimate of drug-likeness (QED) is 0.682. The summed E-state index contributed by atoms with van der Waals surface area (Å²) in [6.07, 6.45) is 9.20. The largest absolute Gasteiger partial charge is 0.504 e. The Bertz CT molecular complexity index is 836. The average molecular weight is 415 g/mol. The van der Waals surface area contributed by atoms with Crippen molar-refractivity contribution in [2.75, 3.05) is 6.61 Å². The van der Waals surface area contributed by atoms with Gasteiger partial charge in [-0.3, -0.25) is 14.4 Å². The zero-order chi connectivity index (χ0) is 21.8. The highest BCUT2D eigenvalue weighted by atomic mass is 16.5. The van der Waals surface area contributed by atoms with Gasteiger partial charge in [-0.25, -0.2) is 0 Å². The van der Waals surface area contributed by atoms with Crippen molar-refractivity contribution >= 4 is 17.5 Å². The van der Waals surface area contributed by atoms with Crippen LogP contribution in [0.5, 0.6) is 0 Å². The van der Waals surface area contributed by atoms with Crippen molar-refractivity contribution in [2.45, 2.75) is 66.2 Å². The number of Topliss-reactive ketones (excluding diaryl/α,β-unsaturated/α-hetero) is 1. The maximum Gasteiger partial charge on any atom is 0.308 e. The highest BCUT2D eigenvalue weighted by Gasteiger charge is 2.60. The normalized spacial score (nSPS) is 40.1. The van der Waals surface area contributed by atoms with Gasteiger partial charge in [0.2, 0.25) is 5.78 Å². The summed E-state index contributed by atoms with van der Waals surface area (Å²) in [5, 5.41) is 10.1. The molecule has 0 aromatic carbocycles. The first kappa shape index (κ1) is 21.3. The highest BCUT2D eigenvalue weighted by Crippen LogP contribution is 2.66. The molecule has 0 bridgehead atoms. The smallest absolute Gasteiger partial charge is 0.308 e. The molecule has 0 heterocycles. The maximum absolute atomic E-state index is 13.0. The number of hydrogen-bond donors (Lipinski definition) is 1. The molecule has 6 atom stereocenters. The van der Waals surface area contributed by atoms with Gasteiger partial charge in [-0.2, -0.15) is 0 Å². The van der Waals surface area contributed by atoms with Gasteiger partial charge in [0.05, 0.1) is 5.92 Å². The Labute approximate surface area is 178 Å². The molecular formula is C25H34O5. The summed E-state index contributed by atoms with van der Waals surface area (Å²) >= 11 is 0. The van der Waals surface area contributed by atoms with Crippen LogP contribution in [0.4, 0.5) is 0 Å². The lowest BCUT2D eigenvalue weighted by Gasteiger charge is -2.56. The molecule has 30 heavy (non-hydrogen) atoms. The molecule has 0 aliphatic heterocycles. The average Bonchev–Trinajstić information content (AvgIpc) is 3.04. The zero-order valence-electron chi connectivity index (χ0n) is 18.6. The van der Waals surface area contributed by atoms with Crippen molar-refractivity contribution in [2.24, 2.45) is 40.4 Å². The van der Waals surface area contributed by atoms with E-state index in [1.54, 1.807) is 26.0 Å². The minimum atomic E-state index is -0.315. The molecule has 3 fully saturated rings. The Kier molecular flexibility index (Phi) is 5.22. The molecule has 4 aliphatic rings. The predicted octanol–water partition coefficient (Wildman–Crippen LogP) is 4.56. The van der Waals surface area contributed by atoms with E-state index in [1.165, 1.54) is 0 Å². The van der Waals surface area contributed by atoms with Gasteiger partial charge in [0, 0.05) is 11.3 Å². The molecule has 0 amide bonds. The van der Waals surface area contributed by atoms with Crippen molar-refractivity contribution < 1.29 is 24.2 Å². The van der Waals surface area contributed by atoms with Crippen molar-refractivity contribution in [3.63, 3.8) is 0 Å². The molecule has 3 saturated carbocycles. The van der Waals surface area contributed by atoms with Crippen molar-refractivity contribution in [1.82, 2.24) is 0 Å². The lowest BCUT2D eigenvalue weighted by Crippen LogP contribution is -2.50. The summed E-state index contributed by atoms with van der Waals surface area (Å²) in [5.74, 6) is 0.406. The molecule has 0 saturated heterocycles. The van der Waals surface area contributed by atoms with Gasteiger partial charge in [-0.15, -0.1) is 0 Å². The van der Waals surface area contributed by atoms with E-state index in [4.69, 9.17) is 4.74 Å². The van der Waals surface area contributed by atoms with Gasteiger partial charge in [0.25, 0.3) is 0 Å². The fourth-order valence-electron chi connectivity index (χ4n) is 7.22. The minimum Gasteiger partial charge on any atom is -0.504 e. The third kappa shape index (κ3) is 3.16. The SMILES string of the molecule is CC(C)C(=O)OCC(=O)[C@H]1CC[C@H]2[C@@H]3CCC4=CC(=O)C(O)=C[C@]4(C)[C@H]3CC[C@]12C. The molecule has 0 unspecified atom stereocenters. The van der Waals surface area contributed by atoms with Crippen LogP contribution in [-0.2, 0) is 19.1 Å². The molecule has 0 radical (unpaired) electrons. The number of esters is 1. The van der Waals surface area contributed by atoms with E-state index >= 15 is 0 Å². The van der Waals surface area contributed by atoms with E-state index in [-0.39, 0.29) is 52.6 Å². The lowest BCUT2D eigenvalue weighted by molar-refractivity contribution is -0.153. The van der Waals surface area contributed by atoms with E-state index in [0.29, 0.717) is 17.8 Å². The summed E-state index contributed by atoms with van der Waals surface area (Å²) in [6, 6.07) is 0. The highest BCUT2D eigenvalue weighted by molar-refractivity contribution is 6.04. The summed E-state index contributed by atoms with van der Waals surface area (Å²) in [6.45, 7) is 7.88. The van der Waals surface area contributed by atoms with E-state index < -0.39 is 0 Å². The number of ether oxygens (including phenoxy) is 1. The first-order chi connectivity index (χ1) is 14.1. The van der Waals surface area contributed by atoms with E-state index in [9.17, 15) is 19.5 Å². The van der Waals surface area contributed by atoms with Crippen LogP contribution in [0.2, 0.25) is 0 Å². The molecule has 164 valence electrons. The summed E-state index contributed by atoms with van der Waals surface area (Å²) in [7, 11) is 0. The number of hydrogen-bond acceptors (Lipinski definition) is 5. The second-order valence-electron chi connectivity index (χ2n) is 10.7. The van der Waals surface area contributed by atoms with Crippen LogP contribution in [0.25, 0.3) is 0 Å². The summed E-state index contributed by atoms with van der Waals surface area (Å²) in [5.41, 5.74) is 0.828. The number of allylic oxidation sites excluding steroid dienone is 3. The number of fused-ring (bicyclic) bond motifs is 5. The first-order valence-corrected chi connectivity index (χ1v) is 11.4. The standard InChI is InChI=1S/C25H34O5/c1-14(2)23(29)30-13-22(28)19-8-7-17-16-6-5-15-11-20(26)21(27)12-25(15,4)18(16)9-10-24(17,19)3/h11-12,14,16-19,27H,5-10,13H2,1-4H3/t16-,17-,18-,19+,24-,25-/m0/s1. The fourth-order valence-corrected chi connectivity index (χ4v) is 7.22. The Hall–Kier alpha value is -1.91. The van der Waals surface area contributed by atoms with Gasteiger partial charge < -0.3 is 9.84 Å². The van der Waals surface area contributed by atoms with Gasteiger partial charge in [-0.05, 0) is 73.8 Å². The van der Waals surface area contributed by atoms with E-state index in [0.717, 1.165) is 44.1 Å². The molecule has 0 aromatic rings. The molecule has 5 nitrogen and oxygen atoms in total. The Morgan fingerprint density at radius 3 is 2.60 bits per heavy atom. The van der Waals surface area contributed by atoms with Crippen LogP contribution in [0.15, 0.2) is 23.5 Å². The third-order valence-corrected chi connectivity index (χ3v) is 8.86. The maximum atomic E-state index is 13.0. The number of aliphatic hydroxyl groups excluding tert-OH is 1. The third-order valence-electron chi connectivity index (χ3n) is 8.86. The number of rotatable bonds is 4. The van der Waals surface area contributed by atoms with Gasteiger partial charge in [-0.1, -0.05) is 33.3 Å². The topological polar surface area (TPSA) is 80.7 Å². The Morgan fingerprint density at radius 2 is 1.90 bits per heavy atom. The lowest BCUT2D eigenvalue weighted by atomic mass is 9.47. The summed E-state index contributed by atoms with van der Waals surface area (Å²) in [4.78, 5) is 36.8. The number of ketones is 2. The summed E-state index contributed by atoms with van der Waals surface area (Å²) < 4.78 is 5.25. The predicted molar refractivity (Wildman–Crippen MR) is 112 cm³/mol. The zero-order valence-corrected chi connectivity index (χ0v) is 18.6. The molecule has 0 aromatic heterocycles. The van der Waals surface area contributed by atoms with Crippen LogP contribution in [0.1, 0.15) is 66.2 Å². The molecule has 4 rings (SSSR count). The fraction of sp³-hybridized carbons (Fsp3) is 0.720. The molecule has 4 aliphatic carbocycles. The number of carbonyl (C=O) groups excluding carboxylic acids is 3. The molecule has 5 heteroatoms. The Morgan fingerprint density at radius 1 is 1.17 bits per heavy atom. The van der Waals surface area contributed by atoms with E-state index in [1.807, 2.05) is 0 Å². The minimum absolute atomic E-state index is 0.0509. The van der Waals surface area contributed by atoms with Crippen molar-refractivity contribution in [3.8, 4) is 0 Å². The first-order valence-electron chi connectivity index (χ1n) is 11.4. The van der Waals surface area contributed by atoms with Crippen LogP contribution < -0.4 is 0 Å². The molecule has 0 spiro atoms. The second kappa shape index (κ2) is 7.35. The van der Waals surface area contributed by atoms with Crippen molar-refractivity contribution in [3.05, 3.63) is 23.5 Å². The van der Waals surface area contributed by atoms with Crippen molar-refractivity contribution in [1.29, 1.82) is 0 Å². The van der Waals surface area contributed by atoms with Crippen LogP contribution in [0, 0.1) is 40.4 Å². The van der Waals surface area contributed by atoms with Gasteiger partial charge >= 0.3 is 5.97 Å². The number of carbonyl (C=O) groups is 3. The number of aliphatic hydroxyl groups is 1. The monoisotopic (exact) mass is 414 g/mol. The molecule has 1 N–H and O–H groups in total. The van der Waals surface area contributed by atoms with Crippen LogP contribution >= 0.6 is 0 Å². The Balaban J connectivity index is 1.53. The van der Waals surface area contributed by atoms with Crippen LogP contribution in [-0.4, -0.2) is 29.2 Å². The second-order valence-corrected chi connectivity index (χ2v) is 10.7. The van der Waals surface area contributed by atoms with Gasteiger partial charge in [0.1, 0.15) is 6.61 Å². The van der Waals surface area contributed by atoms with Gasteiger partial charge in [0.15, 0.2) is 11.5 Å². The van der Waals surface area contributed by atoms with Crippen LogP contribution in [0.3, 0.4) is 0 Å².